The van der Waals surface area contributed by atoms with Gasteiger partial charge in [-0.15, -0.1) is 0 Å². The lowest BCUT2D eigenvalue weighted by atomic mass is 10.1. The SMILES string of the molecule is COC(=O)c1cc(CN2CC(CN)CC2C)oc1C. The van der Waals surface area contributed by atoms with E-state index < -0.39 is 0 Å². The largest absolute Gasteiger partial charge is 0.465 e. The number of hydrogen-bond acceptors (Lipinski definition) is 5. The van der Waals surface area contributed by atoms with Gasteiger partial charge < -0.3 is 14.9 Å². The highest BCUT2D eigenvalue weighted by molar-refractivity contribution is 5.90. The number of methoxy groups -OCH3 is 1. The average Bonchev–Trinajstić information content (AvgIpc) is 2.93. The van der Waals surface area contributed by atoms with Crippen LogP contribution in [0.15, 0.2) is 10.5 Å². The van der Waals surface area contributed by atoms with E-state index >= 15 is 0 Å². The fourth-order valence-corrected chi connectivity index (χ4v) is 2.74. The first-order valence-corrected chi connectivity index (χ1v) is 6.66. The molecule has 1 aromatic heterocycles. The molecule has 2 rings (SSSR count). The van der Waals surface area contributed by atoms with Crippen molar-refractivity contribution in [2.24, 2.45) is 11.7 Å². The molecule has 5 heteroatoms. The van der Waals surface area contributed by atoms with E-state index in [1.807, 2.05) is 0 Å². The monoisotopic (exact) mass is 266 g/mol. The fraction of sp³-hybridized carbons (Fsp3) is 0.643. The number of aryl methyl sites for hydroxylation is 1. The number of esters is 1. The molecule has 0 saturated carbocycles. The lowest BCUT2D eigenvalue weighted by Gasteiger charge is -2.19. The summed E-state index contributed by atoms with van der Waals surface area (Å²) in [4.78, 5) is 13.9. The zero-order chi connectivity index (χ0) is 14.0. The maximum absolute atomic E-state index is 11.5. The lowest BCUT2D eigenvalue weighted by Crippen LogP contribution is -2.27. The Morgan fingerprint density at radius 3 is 2.95 bits per heavy atom. The Morgan fingerprint density at radius 1 is 1.63 bits per heavy atom. The number of hydrogen-bond donors (Lipinski definition) is 1. The van der Waals surface area contributed by atoms with Gasteiger partial charge in [-0.05, 0) is 38.8 Å². The Labute approximate surface area is 113 Å². The van der Waals surface area contributed by atoms with Crippen LogP contribution >= 0.6 is 0 Å². The Bertz CT molecular complexity index is 456. The highest BCUT2D eigenvalue weighted by Crippen LogP contribution is 2.25. The standard InChI is InChI=1S/C14H22N2O3/c1-9-4-11(6-15)7-16(9)8-12-5-13(10(2)19-12)14(17)18-3/h5,9,11H,4,6-8,15H2,1-3H3. The van der Waals surface area contributed by atoms with E-state index in [-0.39, 0.29) is 5.97 Å². The van der Waals surface area contributed by atoms with Gasteiger partial charge in [-0.2, -0.15) is 0 Å². The fourth-order valence-electron chi connectivity index (χ4n) is 2.74. The molecule has 106 valence electrons. The third-order valence-electron chi connectivity index (χ3n) is 3.86. The molecule has 0 bridgehead atoms. The molecule has 0 aliphatic carbocycles. The summed E-state index contributed by atoms with van der Waals surface area (Å²) in [5.74, 6) is 1.64. The summed E-state index contributed by atoms with van der Waals surface area (Å²) < 4.78 is 10.4. The minimum absolute atomic E-state index is 0.346. The van der Waals surface area contributed by atoms with Crippen LogP contribution in [0.3, 0.4) is 0 Å². The minimum Gasteiger partial charge on any atom is -0.465 e. The second-order valence-electron chi connectivity index (χ2n) is 5.29. The Morgan fingerprint density at radius 2 is 2.37 bits per heavy atom. The van der Waals surface area contributed by atoms with Gasteiger partial charge in [0.1, 0.15) is 17.1 Å². The number of carbonyl (C=O) groups excluding carboxylic acids is 1. The molecular formula is C14H22N2O3. The van der Waals surface area contributed by atoms with Crippen LogP contribution in [0.1, 0.15) is 35.2 Å². The summed E-state index contributed by atoms with van der Waals surface area (Å²) in [6.45, 7) is 6.42. The lowest BCUT2D eigenvalue weighted by molar-refractivity contribution is 0.0599. The molecule has 2 unspecified atom stereocenters. The van der Waals surface area contributed by atoms with Crippen LogP contribution in [0.25, 0.3) is 0 Å². The molecule has 19 heavy (non-hydrogen) atoms. The molecule has 2 heterocycles. The minimum atomic E-state index is -0.346. The van der Waals surface area contributed by atoms with Crippen LogP contribution in [0.4, 0.5) is 0 Å². The number of rotatable bonds is 4. The normalized spacial score (nSPS) is 23.8. The van der Waals surface area contributed by atoms with Crippen molar-refractivity contribution in [1.82, 2.24) is 4.90 Å². The summed E-state index contributed by atoms with van der Waals surface area (Å²) >= 11 is 0. The molecule has 1 aliphatic rings. The van der Waals surface area contributed by atoms with Gasteiger partial charge >= 0.3 is 5.97 Å². The summed E-state index contributed by atoms with van der Waals surface area (Å²) in [5.41, 5.74) is 6.24. The maximum atomic E-state index is 11.5. The van der Waals surface area contributed by atoms with Crippen molar-refractivity contribution in [1.29, 1.82) is 0 Å². The first-order valence-electron chi connectivity index (χ1n) is 6.66. The number of carbonyl (C=O) groups is 1. The summed E-state index contributed by atoms with van der Waals surface area (Å²) in [6, 6.07) is 2.28. The highest BCUT2D eigenvalue weighted by atomic mass is 16.5. The average molecular weight is 266 g/mol. The van der Waals surface area contributed by atoms with Crippen molar-refractivity contribution < 1.29 is 13.9 Å². The zero-order valence-electron chi connectivity index (χ0n) is 11.8. The van der Waals surface area contributed by atoms with Gasteiger partial charge in [0.2, 0.25) is 0 Å². The first-order chi connectivity index (χ1) is 9.05. The Hall–Kier alpha value is -1.33. The Balaban J connectivity index is 2.06. The van der Waals surface area contributed by atoms with Gasteiger partial charge in [0.25, 0.3) is 0 Å². The van der Waals surface area contributed by atoms with Crippen molar-refractivity contribution in [3.63, 3.8) is 0 Å². The van der Waals surface area contributed by atoms with Gasteiger partial charge in [-0.1, -0.05) is 0 Å². The first kappa shape index (κ1) is 14.1. The van der Waals surface area contributed by atoms with Gasteiger partial charge in [-0.3, -0.25) is 4.90 Å². The van der Waals surface area contributed by atoms with E-state index in [4.69, 9.17) is 14.9 Å². The number of ether oxygens (including phenoxy) is 1. The van der Waals surface area contributed by atoms with Crippen molar-refractivity contribution in [3.8, 4) is 0 Å². The molecule has 1 aromatic rings. The van der Waals surface area contributed by atoms with Gasteiger partial charge in [0.05, 0.1) is 13.7 Å². The highest BCUT2D eigenvalue weighted by Gasteiger charge is 2.29. The van der Waals surface area contributed by atoms with Crippen molar-refractivity contribution in [2.75, 3.05) is 20.2 Å². The third kappa shape index (κ3) is 2.98. The zero-order valence-corrected chi connectivity index (χ0v) is 11.8. The molecule has 2 N–H and O–H groups in total. The molecule has 1 aliphatic heterocycles. The van der Waals surface area contributed by atoms with Crippen LogP contribution < -0.4 is 5.73 Å². The van der Waals surface area contributed by atoms with E-state index in [0.29, 0.717) is 23.3 Å². The van der Waals surface area contributed by atoms with E-state index in [1.54, 1.807) is 13.0 Å². The van der Waals surface area contributed by atoms with Crippen LogP contribution in [-0.2, 0) is 11.3 Å². The van der Waals surface area contributed by atoms with Crippen molar-refractivity contribution in [2.45, 2.75) is 32.9 Å². The molecule has 0 radical (unpaired) electrons. The summed E-state index contributed by atoms with van der Waals surface area (Å²) in [7, 11) is 1.38. The van der Waals surface area contributed by atoms with Crippen LogP contribution in [0.2, 0.25) is 0 Å². The topological polar surface area (TPSA) is 68.7 Å². The predicted octanol–water partition coefficient (Wildman–Crippen LogP) is 1.54. The van der Waals surface area contributed by atoms with Crippen LogP contribution in [0, 0.1) is 12.8 Å². The van der Waals surface area contributed by atoms with E-state index in [2.05, 4.69) is 11.8 Å². The van der Waals surface area contributed by atoms with Crippen LogP contribution in [0.5, 0.6) is 0 Å². The molecule has 0 amide bonds. The molecule has 2 atom stereocenters. The number of likely N-dealkylation sites (tertiary alicyclic amines) is 1. The third-order valence-corrected chi connectivity index (χ3v) is 3.86. The van der Waals surface area contributed by atoms with Gasteiger partial charge in [0.15, 0.2) is 0 Å². The van der Waals surface area contributed by atoms with E-state index in [1.165, 1.54) is 7.11 Å². The van der Waals surface area contributed by atoms with E-state index in [9.17, 15) is 4.79 Å². The second-order valence-corrected chi connectivity index (χ2v) is 5.29. The van der Waals surface area contributed by atoms with Gasteiger partial charge in [0, 0.05) is 12.6 Å². The van der Waals surface area contributed by atoms with Crippen LogP contribution in [-0.4, -0.2) is 37.1 Å². The quantitative estimate of drug-likeness (QED) is 0.837. The molecule has 5 nitrogen and oxygen atoms in total. The molecular weight excluding hydrogens is 244 g/mol. The Kier molecular flexibility index (Phi) is 4.27. The molecule has 1 saturated heterocycles. The maximum Gasteiger partial charge on any atom is 0.341 e. The molecule has 0 spiro atoms. The summed E-state index contributed by atoms with van der Waals surface area (Å²) in [6.07, 6.45) is 1.13. The van der Waals surface area contributed by atoms with Crippen molar-refractivity contribution in [3.05, 3.63) is 23.2 Å². The number of nitrogens with zero attached hydrogens (tertiary/aromatic N) is 1. The predicted molar refractivity (Wildman–Crippen MR) is 71.8 cm³/mol. The second kappa shape index (κ2) is 5.75. The number of nitrogens with two attached hydrogens (primary N) is 1. The van der Waals surface area contributed by atoms with E-state index in [0.717, 1.165) is 31.8 Å². The summed E-state index contributed by atoms with van der Waals surface area (Å²) in [5, 5.41) is 0. The van der Waals surface area contributed by atoms with Crippen molar-refractivity contribution >= 4 is 5.97 Å². The molecule has 0 aromatic carbocycles. The smallest absolute Gasteiger partial charge is 0.341 e. The number of furan rings is 1. The molecule has 1 fully saturated rings. The van der Waals surface area contributed by atoms with Gasteiger partial charge in [-0.25, -0.2) is 4.79 Å².